The van der Waals surface area contributed by atoms with Gasteiger partial charge in [0.2, 0.25) is 0 Å². The molecular formula is C9H17N2O2. The number of esters is 1. The fourth-order valence-electron chi connectivity index (χ4n) is 1.42. The highest BCUT2D eigenvalue weighted by molar-refractivity contribution is 5.69. The molecule has 75 valence electrons. The number of carbonyl (C=O) groups is 1. The van der Waals surface area contributed by atoms with Crippen LogP contribution in [0.5, 0.6) is 0 Å². The lowest BCUT2D eigenvalue weighted by Gasteiger charge is -2.25. The Morgan fingerprint density at radius 1 is 1.46 bits per heavy atom. The molecule has 1 radical (unpaired) electrons. The monoisotopic (exact) mass is 185 g/mol. The van der Waals surface area contributed by atoms with E-state index in [-0.39, 0.29) is 5.97 Å². The van der Waals surface area contributed by atoms with Gasteiger partial charge in [-0.15, -0.1) is 0 Å². The number of piperazine rings is 1. The van der Waals surface area contributed by atoms with Crippen molar-refractivity contribution in [3.63, 3.8) is 0 Å². The molecule has 4 nitrogen and oxygen atoms in total. The minimum atomic E-state index is -0.110. The molecule has 1 saturated heterocycles. The Morgan fingerprint density at radius 3 is 2.77 bits per heavy atom. The quantitative estimate of drug-likeness (QED) is 0.573. The Bertz CT molecular complexity index is 156. The van der Waals surface area contributed by atoms with Crippen LogP contribution in [0.1, 0.15) is 12.8 Å². The number of methoxy groups -OCH3 is 1. The number of rotatable bonds is 4. The van der Waals surface area contributed by atoms with E-state index in [0.717, 1.165) is 39.1 Å². The van der Waals surface area contributed by atoms with Crippen molar-refractivity contribution in [1.82, 2.24) is 10.2 Å². The number of nitrogens with zero attached hydrogens (tertiary/aromatic N) is 2. The van der Waals surface area contributed by atoms with Crippen LogP contribution < -0.4 is 5.32 Å². The highest BCUT2D eigenvalue weighted by Gasteiger charge is 2.10. The molecule has 0 bridgehead atoms. The van der Waals surface area contributed by atoms with Crippen LogP contribution in [-0.4, -0.2) is 50.7 Å². The predicted molar refractivity (Wildman–Crippen MR) is 49.6 cm³/mol. The molecule has 1 aliphatic rings. The minimum absolute atomic E-state index is 0.110. The van der Waals surface area contributed by atoms with Crippen molar-refractivity contribution < 1.29 is 9.53 Å². The van der Waals surface area contributed by atoms with Crippen molar-refractivity contribution in [3.8, 4) is 0 Å². The Balaban J connectivity index is 2.01. The Hall–Kier alpha value is -0.610. The maximum absolute atomic E-state index is 10.8. The SMILES string of the molecule is COC(=O)CCCN1CC[N]CC1. The fourth-order valence-corrected chi connectivity index (χ4v) is 1.42. The average Bonchev–Trinajstić information content (AvgIpc) is 2.19. The molecule has 0 aromatic rings. The molecule has 0 atom stereocenters. The summed E-state index contributed by atoms with van der Waals surface area (Å²) in [6.07, 6.45) is 1.43. The van der Waals surface area contributed by atoms with Crippen molar-refractivity contribution in [2.75, 3.05) is 39.8 Å². The first-order valence-electron chi connectivity index (χ1n) is 4.75. The average molecular weight is 185 g/mol. The predicted octanol–water partition coefficient (Wildman–Crippen LogP) is -0.140. The van der Waals surface area contributed by atoms with Crippen LogP contribution in [0, 0.1) is 0 Å². The molecule has 0 unspecified atom stereocenters. The first-order chi connectivity index (χ1) is 6.33. The second kappa shape index (κ2) is 5.94. The molecular weight excluding hydrogens is 168 g/mol. The smallest absolute Gasteiger partial charge is 0.305 e. The third-order valence-electron chi connectivity index (χ3n) is 2.23. The van der Waals surface area contributed by atoms with Gasteiger partial charge in [-0.2, -0.15) is 0 Å². The maximum Gasteiger partial charge on any atom is 0.305 e. The zero-order valence-electron chi connectivity index (χ0n) is 8.16. The van der Waals surface area contributed by atoms with Crippen molar-refractivity contribution in [2.45, 2.75) is 12.8 Å². The van der Waals surface area contributed by atoms with E-state index in [9.17, 15) is 4.79 Å². The van der Waals surface area contributed by atoms with Gasteiger partial charge in [0.25, 0.3) is 0 Å². The lowest BCUT2D eigenvalue weighted by atomic mass is 10.2. The summed E-state index contributed by atoms with van der Waals surface area (Å²) in [5, 5.41) is 4.25. The molecule has 13 heavy (non-hydrogen) atoms. The second-order valence-electron chi connectivity index (χ2n) is 3.19. The van der Waals surface area contributed by atoms with Crippen LogP contribution in [0.2, 0.25) is 0 Å². The van der Waals surface area contributed by atoms with Gasteiger partial charge < -0.3 is 9.64 Å². The number of carbonyl (C=O) groups excluding carboxylic acids is 1. The van der Waals surface area contributed by atoms with Gasteiger partial charge in [-0.05, 0) is 13.0 Å². The van der Waals surface area contributed by atoms with Gasteiger partial charge in [0.1, 0.15) is 0 Å². The molecule has 0 N–H and O–H groups in total. The molecule has 0 amide bonds. The summed E-state index contributed by atoms with van der Waals surface area (Å²) in [5.41, 5.74) is 0. The van der Waals surface area contributed by atoms with Crippen LogP contribution in [0.4, 0.5) is 0 Å². The van der Waals surface area contributed by atoms with Gasteiger partial charge in [0.15, 0.2) is 0 Å². The molecule has 0 aromatic heterocycles. The molecule has 1 rings (SSSR count). The molecule has 0 aliphatic carbocycles. The van der Waals surface area contributed by atoms with Gasteiger partial charge in [-0.3, -0.25) is 4.79 Å². The number of hydrogen-bond donors (Lipinski definition) is 0. The van der Waals surface area contributed by atoms with E-state index in [1.807, 2.05) is 0 Å². The first kappa shape index (κ1) is 10.5. The second-order valence-corrected chi connectivity index (χ2v) is 3.19. The summed E-state index contributed by atoms with van der Waals surface area (Å²) in [6, 6.07) is 0. The topological polar surface area (TPSA) is 43.6 Å². The van der Waals surface area contributed by atoms with E-state index in [1.165, 1.54) is 7.11 Å². The normalized spacial score (nSPS) is 18.5. The summed E-state index contributed by atoms with van der Waals surface area (Å²) in [4.78, 5) is 13.1. The van der Waals surface area contributed by atoms with Crippen molar-refractivity contribution in [1.29, 1.82) is 0 Å². The van der Waals surface area contributed by atoms with Gasteiger partial charge in [-0.25, -0.2) is 5.32 Å². The van der Waals surface area contributed by atoms with Crippen molar-refractivity contribution in [3.05, 3.63) is 0 Å². The number of ether oxygens (including phenoxy) is 1. The highest BCUT2D eigenvalue weighted by atomic mass is 16.5. The van der Waals surface area contributed by atoms with Crippen LogP contribution in [0.15, 0.2) is 0 Å². The largest absolute Gasteiger partial charge is 0.469 e. The molecule has 1 fully saturated rings. The molecule has 0 spiro atoms. The Kier molecular flexibility index (Phi) is 4.78. The molecule has 1 aliphatic heterocycles. The summed E-state index contributed by atoms with van der Waals surface area (Å²) in [7, 11) is 1.43. The van der Waals surface area contributed by atoms with Crippen LogP contribution >= 0.6 is 0 Å². The number of hydrogen-bond acceptors (Lipinski definition) is 3. The van der Waals surface area contributed by atoms with E-state index in [0.29, 0.717) is 6.42 Å². The van der Waals surface area contributed by atoms with Crippen molar-refractivity contribution in [2.24, 2.45) is 0 Å². The Morgan fingerprint density at radius 2 is 2.15 bits per heavy atom. The van der Waals surface area contributed by atoms with Gasteiger partial charge in [-0.1, -0.05) is 0 Å². The summed E-state index contributed by atoms with van der Waals surface area (Å²) in [5.74, 6) is -0.110. The fraction of sp³-hybridized carbons (Fsp3) is 0.889. The lowest BCUT2D eigenvalue weighted by molar-refractivity contribution is -0.140. The van der Waals surface area contributed by atoms with Crippen LogP contribution in [0.25, 0.3) is 0 Å². The van der Waals surface area contributed by atoms with Gasteiger partial charge >= 0.3 is 5.97 Å². The van der Waals surface area contributed by atoms with E-state index in [2.05, 4.69) is 15.0 Å². The third kappa shape index (κ3) is 4.24. The molecule has 0 saturated carbocycles. The standard InChI is InChI=1S/C9H17N2O2/c1-13-9(12)3-2-6-11-7-4-10-5-8-11/h2-8H2,1H3. The molecule has 1 heterocycles. The van der Waals surface area contributed by atoms with Gasteiger partial charge in [0, 0.05) is 32.6 Å². The Labute approximate surface area is 79.2 Å². The van der Waals surface area contributed by atoms with Crippen LogP contribution in [0.3, 0.4) is 0 Å². The lowest BCUT2D eigenvalue weighted by Crippen LogP contribution is -2.40. The summed E-state index contributed by atoms with van der Waals surface area (Å²) < 4.78 is 4.56. The molecule has 0 aromatic carbocycles. The first-order valence-corrected chi connectivity index (χ1v) is 4.75. The van der Waals surface area contributed by atoms with E-state index < -0.39 is 0 Å². The van der Waals surface area contributed by atoms with E-state index in [4.69, 9.17) is 0 Å². The van der Waals surface area contributed by atoms with Gasteiger partial charge in [0.05, 0.1) is 7.11 Å². The third-order valence-corrected chi connectivity index (χ3v) is 2.23. The van der Waals surface area contributed by atoms with Crippen molar-refractivity contribution >= 4 is 5.97 Å². The highest BCUT2D eigenvalue weighted by Crippen LogP contribution is 1.98. The summed E-state index contributed by atoms with van der Waals surface area (Å²) in [6.45, 7) is 4.96. The zero-order chi connectivity index (χ0) is 9.52. The van der Waals surface area contributed by atoms with E-state index in [1.54, 1.807) is 0 Å². The summed E-state index contributed by atoms with van der Waals surface area (Å²) >= 11 is 0. The minimum Gasteiger partial charge on any atom is -0.469 e. The maximum atomic E-state index is 10.8. The molecule has 4 heteroatoms. The zero-order valence-corrected chi connectivity index (χ0v) is 8.16. The van der Waals surface area contributed by atoms with E-state index >= 15 is 0 Å². The van der Waals surface area contributed by atoms with Crippen LogP contribution in [-0.2, 0) is 9.53 Å².